The van der Waals surface area contributed by atoms with Crippen LogP contribution in [-0.2, 0) is 14.1 Å². The summed E-state index contributed by atoms with van der Waals surface area (Å²) in [6, 6.07) is 0. The fourth-order valence-corrected chi connectivity index (χ4v) is 1.17. The molecule has 0 aliphatic heterocycles. The molecule has 0 fully saturated rings. The van der Waals surface area contributed by atoms with Crippen LogP contribution >= 0.6 is 0 Å². The Balaban J connectivity index is 2.41. The number of ketones is 1. The van der Waals surface area contributed by atoms with E-state index in [1.165, 1.54) is 4.68 Å². The Kier molecular flexibility index (Phi) is 2.07. The van der Waals surface area contributed by atoms with E-state index < -0.39 is 0 Å². The van der Waals surface area contributed by atoms with Crippen molar-refractivity contribution in [3.63, 3.8) is 0 Å². The van der Waals surface area contributed by atoms with E-state index in [4.69, 9.17) is 0 Å². The van der Waals surface area contributed by atoms with Crippen molar-refractivity contribution >= 4 is 5.78 Å². The summed E-state index contributed by atoms with van der Waals surface area (Å²) in [7, 11) is 3.44. The second kappa shape index (κ2) is 3.26. The maximum Gasteiger partial charge on any atom is 0.252 e. The lowest BCUT2D eigenvalue weighted by Gasteiger charge is -1.96. The lowest BCUT2D eigenvalue weighted by Crippen LogP contribution is -2.10. The minimum atomic E-state index is -0.272. The average Bonchev–Trinajstić information content (AvgIpc) is 2.75. The monoisotopic (exact) mass is 206 g/mol. The highest BCUT2D eigenvalue weighted by molar-refractivity contribution is 6.04. The van der Waals surface area contributed by atoms with Gasteiger partial charge in [-0.1, -0.05) is 5.21 Å². The number of hydrogen-bond acceptors (Lipinski definition) is 5. The summed E-state index contributed by atoms with van der Waals surface area (Å²) in [6.07, 6.45) is 1.55. The number of nitrogens with zero attached hydrogens (tertiary/aromatic N) is 6. The van der Waals surface area contributed by atoms with Crippen LogP contribution in [0.3, 0.4) is 0 Å². The smallest absolute Gasteiger partial charge is 0.252 e. The Hall–Kier alpha value is -2.05. The largest absolute Gasteiger partial charge is 0.312 e. The normalized spacial score (nSPS) is 10.6. The molecule has 7 heteroatoms. The predicted octanol–water partition coefficient (Wildman–Crippen LogP) is -0.517. The van der Waals surface area contributed by atoms with Gasteiger partial charge in [0.25, 0.3) is 5.78 Å². The van der Waals surface area contributed by atoms with Gasteiger partial charge in [-0.05, 0) is 6.92 Å². The van der Waals surface area contributed by atoms with Gasteiger partial charge in [-0.2, -0.15) is 0 Å². The van der Waals surface area contributed by atoms with Crippen molar-refractivity contribution in [1.29, 1.82) is 0 Å². The lowest BCUT2D eigenvalue weighted by molar-refractivity contribution is 0.102. The number of aromatic nitrogens is 6. The molecule has 15 heavy (non-hydrogen) atoms. The molecular weight excluding hydrogens is 196 g/mol. The number of aryl methyl sites for hydroxylation is 2. The summed E-state index contributed by atoms with van der Waals surface area (Å²) in [6.45, 7) is 1.78. The van der Waals surface area contributed by atoms with Crippen LogP contribution in [0.2, 0.25) is 0 Å². The molecule has 7 nitrogen and oxygen atoms in total. The molecule has 0 bridgehead atoms. The van der Waals surface area contributed by atoms with Gasteiger partial charge in [-0.25, -0.2) is 0 Å². The minimum Gasteiger partial charge on any atom is -0.312 e. The van der Waals surface area contributed by atoms with Gasteiger partial charge in [0.1, 0.15) is 5.82 Å². The zero-order valence-corrected chi connectivity index (χ0v) is 8.67. The molecule has 2 rings (SSSR count). The third-order valence-electron chi connectivity index (χ3n) is 2.13. The second-order valence-electron chi connectivity index (χ2n) is 3.24. The Bertz CT molecular complexity index is 511. The van der Waals surface area contributed by atoms with Crippen LogP contribution in [0.4, 0.5) is 0 Å². The van der Waals surface area contributed by atoms with E-state index >= 15 is 0 Å². The molecule has 0 atom stereocenters. The zero-order valence-electron chi connectivity index (χ0n) is 8.67. The van der Waals surface area contributed by atoms with Crippen molar-refractivity contribution < 1.29 is 4.79 Å². The number of carbonyl (C=O) groups excluding carboxylic acids is 1. The fraction of sp³-hybridized carbons (Fsp3) is 0.375. The third-order valence-corrected chi connectivity index (χ3v) is 2.13. The van der Waals surface area contributed by atoms with Crippen LogP contribution in [0.15, 0.2) is 6.20 Å². The van der Waals surface area contributed by atoms with Crippen LogP contribution in [-0.4, -0.2) is 35.5 Å². The Labute approximate surface area is 85.7 Å². The van der Waals surface area contributed by atoms with Crippen molar-refractivity contribution in [1.82, 2.24) is 29.8 Å². The highest BCUT2D eigenvalue weighted by Gasteiger charge is 2.19. The molecule has 0 spiro atoms. The van der Waals surface area contributed by atoms with E-state index in [9.17, 15) is 4.79 Å². The van der Waals surface area contributed by atoms with Gasteiger partial charge in [0.2, 0.25) is 5.82 Å². The molecule has 2 heterocycles. The zero-order chi connectivity index (χ0) is 11.0. The molecular formula is C8H10N6O. The topological polar surface area (TPSA) is 78.5 Å². The summed E-state index contributed by atoms with van der Waals surface area (Å²) in [5, 5.41) is 15.0. The molecule has 0 unspecified atom stereocenters. The van der Waals surface area contributed by atoms with E-state index in [-0.39, 0.29) is 17.3 Å². The van der Waals surface area contributed by atoms with Gasteiger partial charge in [0.05, 0.1) is 6.20 Å². The highest BCUT2D eigenvalue weighted by atomic mass is 16.1. The SMILES string of the molecule is Cc1nnc(C(=O)c2cn(C)nn2)n1C. The van der Waals surface area contributed by atoms with E-state index in [0.717, 1.165) is 0 Å². The van der Waals surface area contributed by atoms with Crippen LogP contribution in [0.5, 0.6) is 0 Å². The summed E-state index contributed by atoms with van der Waals surface area (Å²) in [5.74, 6) is 0.682. The van der Waals surface area contributed by atoms with Crippen molar-refractivity contribution in [3.05, 3.63) is 23.5 Å². The number of hydrogen-bond donors (Lipinski definition) is 0. The van der Waals surface area contributed by atoms with Gasteiger partial charge in [-0.3, -0.25) is 9.48 Å². The van der Waals surface area contributed by atoms with E-state index in [2.05, 4.69) is 20.5 Å². The number of rotatable bonds is 2. The van der Waals surface area contributed by atoms with E-state index in [1.54, 1.807) is 31.8 Å². The maximum absolute atomic E-state index is 11.9. The molecule has 0 saturated heterocycles. The van der Waals surface area contributed by atoms with E-state index in [1.807, 2.05) is 0 Å². The minimum absolute atomic E-state index is 0.271. The van der Waals surface area contributed by atoms with Gasteiger partial charge in [0, 0.05) is 14.1 Å². The standard InChI is InChI=1S/C8H10N6O/c1-5-9-11-8(14(5)3)7(15)6-4-13(2)12-10-6/h4H,1-3H3. The Morgan fingerprint density at radius 2 is 2.00 bits per heavy atom. The van der Waals surface area contributed by atoms with Gasteiger partial charge >= 0.3 is 0 Å². The molecule has 0 saturated carbocycles. The van der Waals surface area contributed by atoms with Crippen LogP contribution in [0, 0.1) is 6.92 Å². The number of carbonyl (C=O) groups is 1. The van der Waals surface area contributed by atoms with Crippen molar-refractivity contribution in [2.45, 2.75) is 6.92 Å². The first kappa shape index (κ1) is 9.50. The van der Waals surface area contributed by atoms with Crippen molar-refractivity contribution in [2.24, 2.45) is 14.1 Å². The van der Waals surface area contributed by atoms with Crippen molar-refractivity contribution in [2.75, 3.05) is 0 Å². The quantitative estimate of drug-likeness (QED) is 0.618. The maximum atomic E-state index is 11.9. The van der Waals surface area contributed by atoms with Crippen molar-refractivity contribution in [3.8, 4) is 0 Å². The molecule has 0 aliphatic carbocycles. The first-order valence-corrected chi connectivity index (χ1v) is 4.36. The lowest BCUT2D eigenvalue weighted by atomic mass is 10.3. The van der Waals surface area contributed by atoms with Gasteiger partial charge < -0.3 is 4.57 Å². The van der Waals surface area contributed by atoms with Gasteiger partial charge in [0.15, 0.2) is 5.69 Å². The summed E-state index contributed by atoms with van der Waals surface area (Å²) in [4.78, 5) is 11.9. The average molecular weight is 206 g/mol. The summed E-state index contributed by atoms with van der Waals surface area (Å²) >= 11 is 0. The molecule has 2 aromatic heterocycles. The summed E-state index contributed by atoms with van der Waals surface area (Å²) in [5.41, 5.74) is 0.271. The first-order chi connectivity index (χ1) is 7.09. The van der Waals surface area contributed by atoms with E-state index in [0.29, 0.717) is 5.82 Å². The first-order valence-electron chi connectivity index (χ1n) is 4.36. The molecule has 0 radical (unpaired) electrons. The third kappa shape index (κ3) is 1.51. The Morgan fingerprint density at radius 3 is 2.47 bits per heavy atom. The highest BCUT2D eigenvalue weighted by Crippen LogP contribution is 2.04. The molecule has 0 aromatic carbocycles. The van der Waals surface area contributed by atoms with Crippen LogP contribution in [0.25, 0.3) is 0 Å². The molecule has 0 amide bonds. The second-order valence-corrected chi connectivity index (χ2v) is 3.24. The molecule has 0 N–H and O–H groups in total. The summed E-state index contributed by atoms with van der Waals surface area (Å²) < 4.78 is 3.09. The van der Waals surface area contributed by atoms with Crippen LogP contribution < -0.4 is 0 Å². The predicted molar refractivity (Wildman–Crippen MR) is 50.2 cm³/mol. The fourth-order valence-electron chi connectivity index (χ4n) is 1.17. The molecule has 78 valence electrons. The van der Waals surface area contributed by atoms with Gasteiger partial charge in [-0.15, -0.1) is 15.3 Å². The molecule has 0 aliphatic rings. The Morgan fingerprint density at radius 1 is 1.27 bits per heavy atom. The molecule has 2 aromatic rings. The van der Waals surface area contributed by atoms with Crippen LogP contribution in [0.1, 0.15) is 22.1 Å².